The molecule has 0 bridgehead atoms. The van der Waals surface area contributed by atoms with Crippen LogP contribution in [0.3, 0.4) is 0 Å². The van der Waals surface area contributed by atoms with Crippen LogP contribution in [-0.2, 0) is 9.59 Å². The first kappa shape index (κ1) is 23.8. The Morgan fingerprint density at radius 2 is 1.00 bits per heavy atom. The molecule has 0 aliphatic heterocycles. The van der Waals surface area contributed by atoms with Gasteiger partial charge in [-0.25, -0.2) is 20.4 Å². The minimum absolute atomic E-state index is 0.740. The van der Waals surface area contributed by atoms with Gasteiger partial charge < -0.3 is 0 Å². The van der Waals surface area contributed by atoms with Crippen LogP contribution in [0.5, 0.6) is 0 Å². The lowest BCUT2D eigenvalue weighted by atomic mass is 9.55. The molecule has 25 heavy (non-hydrogen) atoms. The van der Waals surface area contributed by atoms with Gasteiger partial charge in [-0.3, -0.25) is 0 Å². The van der Waals surface area contributed by atoms with E-state index in [1.807, 2.05) is 0 Å². The topological polar surface area (TPSA) is 81.8 Å². The number of hydrogen-bond acceptors (Lipinski definition) is 4. The van der Waals surface area contributed by atoms with Crippen LogP contribution >= 0.6 is 0 Å². The summed E-state index contributed by atoms with van der Waals surface area (Å²) in [4.78, 5) is 16.7. The lowest BCUT2D eigenvalue weighted by Gasteiger charge is -2.50. The van der Waals surface area contributed by atoms with Crippen molar-refractivity contribution in [2.75, 3.05) is 0 Å². The molecule has 0 unspecified atom stereocenters. The maximum atomic E-state index is 8.35. The highest BCUT2D eigenvalue weighted by molar-refractivity contribution is 5.26. The first-order valence-corrected chi connectivity index (χ1v) is 10.2. The molecule has 2 fully saturated rings. The predicted molar refractivity (Wildman–Crippen MR) is 102 cm³/mol. The first-order valence-electron chi connectivity index (χ1n) is 10.2. The van der Waals surface area contributed by atoms with Gasteiger partial charge in [-0.15, -0.1) is 0 Å². The Balaban J connectivity index is 0.000000844. The van der Waals surface area contributed by atoms with Crippen LogP contribution in [0.4, 0.5) is 0 Å². The molecule has 0 aromatic heterocycles. The fourth-order valence-corrected chi connectivity index (χ4v) is 5.56. The van der Waals surface area contributed by atoms with Crippen molar-refractivity contribution in [3.05, 3.63) is 0 Å². The Labute approximate surface area is 154 Å². The van der Waals surface area contributed by atoms with Gasteiger partial charge in [0.05, 0.1) is 0 Å². The predicted octanol–water partition coefficient (Wildman–Crippen LogP) is 6.54. The van der Waals surface area contributed by atoms with Crippen molar-refractivity contribution < 1.29 is 9.59 Å². The molecule has 144 valence electrons. The smallest absolute Gasteiger partial charge is 0.222 e. The molecule has 2 rings (SSSR count). The lowest BCUT2D eigenvalue weighted by molar-refractivity contribution is 0.00347. The van der Waals surface area contributed by atoms with E-state index >= 15 is 0 Å². The molecule has 2 N–H and O–H groups in total. The quantitative estimate of drug-likeness (QED) is 0.421. The molecule has 0 saturated heterocycles. The molecule has 0 aromatic rings. The Morgan fingerprint density at radius 3 is 1.24 bits per heavy atom. The second-order valence-electron chi connectivity index (χ2n) is 7.61. The van der Waals surface area contributed by atoms with Gasteiger partial charge in [0.1, 0.15) is 0 Å². The summed E-state index contributed by atoms with van der Waals surface area (Å²) >= 11 is 0. The van der Waals surface area contributed by atoms with Crippen LogP contribution in [0.2, 0.25) is 0 Å². The Hall–Kier alpha value is -1.24. The maximum Gasteiger partial charge on any atom is 0.231 e. The Kier molecular flexibility index (Phi) is 14.3. The molecule has 4 heteroatoms. The third-order valence-corrected chi connectivity index (χ3v) is 6.27. The molecule has 2 aliphatic rings. The molecule has 0 amide bonds. The van der Waals surface area contributed by atoms with Gasteiger partial charge >= 0.3 is 0 Å². The van der Waals surface area contributed by atoms with E-state index in [9.17, 15) is 0 Å². The van der Waals surface area contributed by atoms with Gasteiger partial charge in [-0.1, -0.05) is 65.2 Å². The second kappa shape index (κ2) is 15.0. The fraction of sp³-hybridized carbons (Fsp3) is 0.905. The van der Waals surface area contributed by atoms with Crippen LogP contribution in [0.25, 0.3) is 0 Å². The molecule has 0 aromatic carbocycles. The molecule has 0 spiro atoms. The highest BCUT2D eigenvalue weighted by Crippen LogP contribution is 2.54. The average Bonchev–Trinajstić information content (AvgIpc) is 2.64. The van der Waals surface area contributed by atoms with Crippen LogP contribution in [-0.4, -0.2) is 12.2 Å². The molecular formula is C21H38N2O2. The Morgan fingerprint density at radius 1 is 0.720 bits per heavy atom. The van der Waals surface area contributed by atoms with Crippen molar-refractivity contribution in [1.29, 1.82) is 10.8 Å². The summed E-state index contributed by atoms with van der Waals surface area (Å²) in [5.74, 6) is 2.15. The van der Waals surface area contributed by atoms with Crippen LogP contribution in [0.15, 0.2) is 0 Å². The number of carbonyl (C=O) groups excluding carboxylic acids is 2. The van der Waals surface area contributed by atoms with E-state index in [0.29, 0.717) is 0 Å². The fourth-order valence-electron chi connectivity index (χ4n) is 5.56. The van der Waals surface area contributed by atoms with E-state index in [2.05, 4.69) is 13.8 Å². The van der Waals surface area contributed by atoms with Crippen molar-refractivity contribution in [1.82, 2.24) is 0 Å². The van der Waals surface area contributed by atoms with E-state index < -0.39 is 0 Å². The van der Waals surface area contributed by atoms with E-state index in [0.717, 1.165) is 29.4 Å². The van der Waals surface area contributed by atoms with Gasteiger partial charge in [0.25, 0.3) is 0 Å². The standard InChI is InChI=1S/C19H36.2CHNO/c1-3-15-19(16-4-2,17-11-7-5-8-12-17)18-13-9-6-10-14-18;2*2-1-3/h17-18H,3-16H2,1-2H3;2*2H. The van der Waals surface area contributed by atoms with Gasteiger partial charge in [0, 0.05) is 0 Å². The van der Waals surface area contributed by atoms with Gasteiger partial charge in [0.2, 0.25) is 12.2 Å². The SMILES string of the molecule is CCCC(CCC)(C1CCCCC1)C1CCCCC1.N=C=O.N=C=O. The minimum atomic E-state index is 0.740. The molecule has 2 saturated carbocycles. The van der Waals surface area contributed by atoms with E-state index in [4.69, 9.17) is 20.4 Å². The van der Waals surface area contributed by atoms with Crippen molar-refractivity contribution >= 4 is 12.2 Å². The van der Waals surface area contributed by atoms with Crippen molar-refractivity contribution in [2.24, 2.45) is 17.3 Å². The summed E-state index contributed by atoms with van der Waals surface area (Å²) < 4.78 is 0. The minimum Gasteiger partial charge on any atom is -0.222 e. The largest absolute Gasteiger partial charge is 0.231 e. The molecule has 0 atom stereocenters. The number of isocyanates is 2. The van der Waals surface area contributed by atoms with Gasteiger partial charge in [0.15, 0.2) is 0 Å². The normalized spacial score (nSPS) is 18.6. The summed E-state index contributed by atoms with van der Waals surface area (Å²) in [6.45, 7) is 4.85. The second-order valence-corrected chi connectivity index (χ2v) is 7.61. The third-order valence-electron chi connectivity index (χ3n) is 6.27. The average molecular weight is 351 g/mol. The van der Waals surface area contributed by atoms with Crippen molar-refractivity contribution in [2.45, 2.75) is 104 Å². The van der Waals surface area contributed by atoms with Crippen LogP contribution in [0.1, 0.15) is 104 Å². The highest BCUT2D eigenvalue weighted by atomic mass is 16.1. The van der Waals surface area contributed by atoms with E-state index in [1.54, 1.807) is 25.7 Å². The summed E-state index contributed by atoms with van der Waals surface area (Å²) in [7, 11) is 0. The third kappa shape index (κ3) is 8.12. The lowest BCUT2D eigenvalue weighted by Crippen LogP contribution is -2.40. The number of hydrogen-bond donors (Lipinski definition) is 2. The Bertz CT molecular complexity index is 347. The summed E-state index contributed by atoms with van der Waals surface area (Å²) in [6, 6.07) is 0. The van der Waals surface area contributed by atoms with Gasteiger partial charge in [-0.2, -0.15) is 0 Å². The summed E-state index contributed by atoms with van der Waals surface area (Å²) in [5.41, 5.74) is 0.740. The highest BCUT2D eigenvalue weighted by Gasteiger charge is 2.43. The zero-order valence-electron chi connectivity index (χ0n) is 16.4. The van der Waals surface area contributed by atoms with Gasteiger partial charge in [-0.05, 0) is 55.8 Å². The molecule has 2 aliphatic carbocycles. The molecular weight excluding hydrogens is 312 g/mol. The monoisotopic (exact) mass is 350 g/mol. The van der Waals surface area contributed by atoms with Crippen LogP contribution < -0.4 is 0 Å². The van der Waals surface area contributed by atoms with Crippen LogP contribution in [0, 0.1) is 28.1 Å². The molecule has 4 nitrogen and oxygen atoms in total. The van der Waals surface area contributed by atoms with E-state index in [1.165, 1.54) is 64.2 Å². The molecule has 0 radical (unpaired) electrons. The number of nitrogens with one attached hydrogen (secondary N) is 2. The summed E-state index contributed by atoms with van der Waals surface area (Å²) in [6.07, 6.45) is 22.7. The van der Waals surface area contributed by atoms with Crippen molar-refractivity contribution in [3.63, 3.8) is 0 Å². The van der Waals surface area contributed by atoms with E-state index in [-0.39, 0.29) is 0 Å². The summed E-state index contributed by atoms with van der Waals surface area (Å²) in [5, 5.41) is 10.8. The molecule has 0 heterocycles. The van der Waals surface area contributed by atoms with Crippen molar-refractivity contribution in [3.8, 4) is 0 Å². The zero-order valence-corrected chi connectivity index (χ0v) is 16.4. The maximum absolute atomic E-state index is 8.35. The zero-order chi connectivity index (χ0) is 19.0. The number of rotatable bonds is 6. The first-order chi connectivity index (χ1) is 12.2.